The van der Waals surface area contributed by atoms with E-state index in [1.54, 1.807) is 7.11 Å². The van der Waals surface area contributed by atoms with E-state index in [9.17, 15) is 4.79 Å². The maximum absolute atomic E-state index is 11.7. The number of hydrogen-bond donors (Lipinski definition) is 2. The van der Waals surface area contributed by atoms with Gasteiger partial charge in [0, 0.05) is 19.9 Å². The lowest BCUT2D eigenvalue weighted by molar-refractivity contribution is 0.0692. The first-order valence-electron chi connectivity index (χ1n) is 5.41. The van der Waals surface area contributed by atoms with Crippen molar-refractivity contribution in [2.45, 2.75) is 0 Å². The summed E-state index contributed by atoms with van der Waals surface area (Å²) < 4.78 is 10.0. The van der Waals surface area contributed by atoms with Crippen molar-refractivity contribution in [1.82, 2.24) is 10.3 Å². The summed E-state index contributed by atoms with van der Waals surface area (Å²) in [5.41, 5.74) is 5.82. The summed E-state index contributed by atoms with van der Waals surface area (Å²) in [7, 11) is 1.60. The predicted molar refractivity (Wildman–Crippen MR) is 68.7 cm³/mol. The third-order valence-corrected chi connectivity index (χ3v) is 2.40. The van der Waals surface area contributed by atoms with E-state index in [4.69, 9.17) is 26.8 Å². The van der Waals surface area contributed by atoms with Gasteiger partial charge in [-0.2, -0.15) is 0 Å². The molecule has 18 heavy (non-hydrogen) atoms. The van der Waals surface area contributed by atoms with Gasteiger partial charge in [-0.3, -0.25) is 4.79 Å². The van der Waals surface area contributed by atoms with Crippen molar-refractivity contribution in [2.75, 3.05) is 39.2 Å². The van der Waals surface area contributed by atoms with E-state index in [1.165, 1.54) is 12.3 Å². The highest BCUT2D eigenvalue weighted by Crippen LogP contribution is 2.16. The highest BCUT2D eigenvalue weighted by Gasteiger charge is 2.07. The molecule has 1 aromatic rings. The normalized spacial score (nSPS) is 10.3. The molecule has 1 amide bonds. The minimum atomic E-state index is -0.264. The molecule has 0 atom stereocenters. The molecule has 0 unspecified atom stereocenters. The van der Waals surface area contributed by atoms with E-state index in [2.05, 4.69) is 10.3 Å². The number of nitrogens with one attached hydrogen (secondary N) is 1. The molecule has 6 nitrogen and oxygen atoms in total. The Hall–Kier alpha value is -1.37. The van der Waals surface area contributed by atoms with Crippen LogP contribution in [-0.4, -0.2) is 44.4 Å². The highest BCUT2D eigenvalue weighted by molar-refractivity contribution is 6.33. The molecular weight excluding hydrogens is 258 g/mol. The number of nitrogens with two attached hydrogens (primary N) is 1. The molecule has 7 heteroatoms. The van der Waals surface area contributed by atoms with Crippen LogP contribution in [0.4, 0.5) is 5.82 Å². The number of ether oxygens (including phenoxy) is 2. The molecule has 0 aliphatic rings. The fourth-order valence-corrected chi connectivity index (χ4v) is 1.32. The number of halogens is 1. The van der Waals surface area contributed by atoms with Crippen LogP contribution in [0.2, 0.25) is 5.02 Å². The zero-order chi connectivity index (χ0) is 13.4. The van der Waals surface area contributed by atoms with Gasteiger partial charge in [-0.1, -0.05) is 11.6 Å². The van der Waals surface area contributed by atoms with Crippen LogP contribution in [0.1, 0.15) is 10.4 Å². The molecule has 1 rings (SSSR count). The average Bonchev–Trinajstić information content (AvgIpc) is 2.36. The summed E-state index contributed by atoms with van der Waals surface area (Å²) in [5, 5.41) is 2.94. The van der Waals surface area contributed by atoms with E-state index in [1.807, 2.05) is 0 Å². The molecule has 0 saturated carbocycles. The first-order chi connectivity index (χ1) is 8.65. The van der Waals surface area contributed by atoms with Gasteiger partial charge in [0.1, 0.15) is 5.82 Å². The Labute approximate surface area is 110 Å². The van der Waals surface area contributed by atoms with E-state index < -0.39 is 0 Å². The molecule has 3 N–H and O–H groups in total. The van der Waals surface area contributed by atoms with Gasteiger partial charge in [0.25, 0.3) is 5.91 Å². The van der Waals surface area contributed by atoms with Gasteiger partial charge in [-0.25, -0.2) is 4.98 Å². The van der Waals surface area contributed by atoms with E-state index in [0.717, 1.165) is 0 Å². The minimum Gasteiger partial charge on any atom is -0.382 e. The topological polar surface area (TPSA) is 86.5 Å². The highest BCUT2D eigenvalue weighted by atomic mass is 35.5. The summed E-state index contributed by atoms with van der Waals surface area (Å²) in [6, 6.07) is 1.48. The quantitative estimate of drug-likeness (QED) is 0.715. The van der Waals surface area contributed by atoms with E-state index in [-0.39, 0.29) is 16.7 Å². The summed E-state index contributed by atoms with van der Waals surface area (Å²) in [4.78, 5) is 15.5. The number of nitrogens with zero attached hydrogens (tertiary/aromatic N) is 1. The Morgan fingerprint density at radius 2 is 2.28 bits per heavy atom. The van der Waals surface area contributed by atoms with Gasteiger partial charge in [0.15, 0.2) is 0 Å². The van der Waals surface area contributed by atoms with Crippen LogP contribution in [0.15, 0.2) is 12.3 Å². The fourth-order valence-electron chi connectivity index (χ4n) is 1.16. The molecule has 0 radical (unpaired) electrons. The molecule has 0 fully saturated rings. The van der Waals surface area contributed by atoms with Crippen LogP contribution in [0.3, 0.4) is 0 Å². The standard InChI is InChI=1S/C11H16ClN3O3/c1-17-4-5-18-3-2-14-11(16)8-6-9(12)10(13)15-7-8/h6-7H,2-5H2,1H3,(H2,13,15)(H,14,16). The van der Waals surface area contributed by atoms with Crippen LogP contribution in [0, 0.1) is 0 Å². The van der Waals surface area contributed by atoms with Crippen molar-refractivity contribution in [3.8, 4) is 0 Å². The Balaban J connectivity index is 2.30. The number of anilines is 1. The third kappa shape index (κ3) is 4.87. The van der Waals surface area contributed by atoms with Gasteiger partial charge in [-0.15, -0.1) is 0 Å². The fraction of sp³-hybridized carbons (Fsp3) is 0.455. The number of amides is 1. The van der Waals surface area contributed by atoms with Crippen molar-refractivity contribution < 1.29 is 14.3 Å². The zero-order valence-corrected chi connectivity index (χ0v) is 10.9. The number of carbonyl (C=O) groups is 1. The predicted octanol–water partition coefficient (Wildman–Crippen LogP) is 0.710. The van der Waals surface area contributed by atoms with Crippen molar-refractivity contribution in [3.63, 3.8) is 0 Å². The summed E-state index contributed by atoms with van der Waals surface area (Å²) in [6.45, 7) is 1.86. The molecule has 0 aliphatic carbocycles. The van der Waals surface area contributed by atoms with E-state index in [0.29, 0.717) is 31.9 Å². The van der Waals surface area contributed by atoms with Crippen molar-refractivity contribution >= 4 is 23.3 Å². The Kier molecular flexibility index (Phi) is 6.42. The van der Waals surface area contributed by atoms with Gasteiger partial charge < -0.3 is 20.5 Å². The molecular formula is C11H16ClN3O3. The Morgan fingerprint density at radius 1 is 1.50 bits per heavy atom. The number of nitrogen functional groups attached to an aromatic ring is 1. The molecule has 0 bridgehead atoms. The molecule has 0 aromatic carbocycles. The van der Waals surface area contributed by atoms with Gasteiger partial charge in [-0.05, 0) is 6.07 Å². The second-order valence-electron chi connectivity index (χ2n) is 3.45. The lowest BCUT2D eigenvalue weighted by Gasteiger charge is -2.06. The van der Waals surface area contributed by atoms with Gasteiger partial charge >= 0.3 is 0 Å². The lowest BCUT2D eigenvalue weighted by Crippen LogP contribution is -2.27. The minimum absolute atomic E-state index is 0.205. The number of pyridine rings is 1. The summed E-state index contributed by atoms with van der Waals surface area (Å²) in [6.07, 6.45) is 1.38. The van der Waals surface area contributed by atoms with Crippen LogP contribution in [0.25, 0.3) is 0 Å². The Bertz CT molecular complexity index is 401. The maximum atomic E-state index is 11.7. The lowest BCUT2D eigenvalue weighted by atomic mass is 10.2. The van der Waals surface area contributed by atoms with Gasteiger partial charge in [0.2, 0.25) is 0 Å². The number of carbonyl (C=O) groups excluding carboxylic acids is 1. The zero-order valence-electron chi connectivity index (χ0n) is 10.1. The van der Waals surface area contributed by atoms with Crippen LogP contribution in [-0.2, 0) is 9.47 Å². The molecule has 1 heterocycles. The Morgan fingerprint density at radius 3 is 2.94 bits per heavy atom. The second kappa shape index (κ2) is 7.86. The maximum Gasteiger partial charge on any atom is 0.252 e. The first kappa shape index (κ1) is 14.7. The van der Waals surface area contributed by atoms with E-state index >= 15 is 0 Å². The third-order valence-electron chi connectivity index (χ3n) is 2.10. The summed E-state index contributed by atoms with van der Waals surface area (Å²) in [5.74, 6) is -0.0594. The molecule has 0 spiro atoms. The number of hydrogen-bond acceptors (Lipinski definition) is 5. The molecule has 0 saturated heterocycles. The number of methoxy groups -OCH3 is 1. The van der Waals surface area contributed by atoms with Crippen molar-refractivity contribution in [2.24, 2.45) is 0 Å². The van der Waals surface area contributed by atoms with Crippen LogP contribution < -0.4 is 11.1 Å². The van der Waals surface area contributed by atoms with Crippen molar-refractivity contribution in [1.29, 1.82) is 0 Å². The van der Waals surface area contributed by atoms with Gasteiger partial charge in [0.05, 0.1) is 30.4 Å². The molecule has 1 aromatic heterocycles. The largest absolute Gasteiger partial charge is 0.382 e. The summed E-state index contributed by atoms with van der Waals surface area (Å²) >= 11 is 5.77. The number of rotatable bonds is 7. The number of aromatic nitrogens is 1. The molecule has 0 aliphatic heterocycles. The van der Waals surface area contributed by atoms with Crippen LogP contribution >= 0.6 is 11.6 Å². The second-order valence-corrected chi connectivity index (χ2v) is 3.86. The van der Waals surface area contributed by atoms with Crippen LogP contribution in [0.5, 0.6) is 0 Å². The first-order valence-corrected chi connectivity index (χ1v) is 5.79. The monoisotopic (exact) mass is 273 g/mol. The average molecular weight is 274 g/mol. The SMILES string of the molecule is COCCOCCNC(=O)c1cnc(N)c(Cl)c1. The molecule has 100 valence electrons. The smallest absolute Gasteiger partial charge is 0.252 e. The van der Waals surface area contributed by atoms with Crippen molar-refractivity contribution in [3.05, 3.63) is 22.8 Å².